The average molecular weight is 453 g/mol. The summed E-state index contributed by atoms with van der Waals surface area (Å²) >= 11 is 1.50. The minimum atomic E-state index is -0.684. The molecule has 2 aliphatic heterocycles. The highest BCUT2D eigenvalue weighted by molar-refractivity contribution is 7.16. The molecule has 9 heteroatoms. The van der Waals surface area contributed by atoms with Crippen LogP contribution in [0.2, 0.25) is 0 Å². The van der Waals surface area contributed by atoms with Crippen molar-refractivity contribution in [2.75, 3.05) is 49.6 Å². The van der Waals surface area contributed by atoms with E-state index in [-0.39, 0.29) is 24.9 Å². The van der Waals surface area contributed by atoms with Gasteiger partial charge in [-0.3, -0.25) is 9.59 Å². The number of carbonyl (C=O) groups excluding carboxylic acids is 2. The van der Waals surface area contributed by atoms with Gasteiger partial charge in [-0.05, 0) is 37.0 Å². The predicted octanol–water partition coefficient (Wildman–Crippen LogP) is 2.17. The smallest absolute Gasteiger partial charge is 0.265 e. The summed E-state index contributed by atoms with van der Waals surface area (Å²) in [5.41, 5.74) is 2.46. The van der Waals surface area contributed by atoms with Gasteiger partial charge in [0.2, 0.25) is 5.91 Å². The van der Waals surface area contributed by atoms with Gasteiger partial charge in [0.1, 0.15) is 16.8 Å². The molecule has 0 bridgehead atoms. The Hall–Kier alpha value is -3.09. The fourth-order valence-electron chi connectivity index (χ4n) is 4.52. The average Bonchev–Trinajstić information content (AvgIpc) is 3.39. The number of morpholine rings is 1. The number of hydrogen-bond donors (Lipinski definition) is 1. The van der Waals surface area contributed by atoms with E-state index in [4.69, 9.17) is 9.47 Å². The Labute approximate surface area is 190 Å². The van der Waals surface area contributed by atoms with Gasteiger partial charge < -0.3 is 24.6 Å². The van der Waals surface area contributed by atoms with Gasteiger partial charge in [0, 0.05) is 18.0 Å². The molecule has 1 fully saturated rings. The molecule has 0 spiro atoms. The Kier molecular flexibility index (Phi) is 5.72. The number of aryl methyl sites for hydroxylation is 1. The zero-order chi connectivity index (χ0) is 22.1. The number of rotatable bonds is 4. The minimum absolute atomic E-state index is 0.0701. The lowest BCUT2D eigenvalue weighted by Crippen LogP contribution is -2.53. The Balaban J connectivity index is 1.32. The lowest BCUT2D eigenvalue weighted by atomic mass is 10.1. The lowest BCUT2D eigenvalue weighted by molar-refractivity contribution is -0.142. The molecule has 0 saturated carbocycles. The minimum Gasteiger partial charge on any atom is -0.477 e. The number of nitriles is 1. The van der Waals surface area contributed by atoms with E-state index in [9.17, 15) is 14.9 Å². The molecular formula is C23H24N4O4S. The fraction of sp³-hybridized carbons (Fsp3) is 0.435. The number of nitrogens with one attached hydrogen (secondary N) is 1. The van der Waals surface area contributed by atoms with E-state index < -0.39 is 6.10 Å². The standard InChI is InChI=1S/C23H24N4O4S/c24-12-16-15-4-3-7-20(15)32-22(16)25-21(28)14-27-13-19(23(29)26-8-10-30-11-9-26)31-18-6-2-1-5-17(18)27/h1-2,5-6,19H,3-4,7-11,13-14H2,(H,25,28)/t19-/m1/s1. The highest BCUT2D eigenvalue weighted by atomic mass is 32.1. The molecule has 3 aliphatic rings. The molecule has 32 heavy (non-hydrogen) atoms. The number of fused-ring (bicyclic) bond motifs is 2. The number of amides is 2. The quantitative estimate of drug-likeness (QED) is 0.764. The summed E-state index contributed by atoms with van der Waals surface area (Å²) in [5.74, 6) is 0.288. The summed E-state index contributed by atoms with van der Waals surface area (Å²) in [5, 5.41) is 13.2. The van der Waals surface area contributed by atoms with E-state index in [0.29, 0.717) is 42.6 Å². The predicted molar refractivity (Wildman–Crippen MR) is 120 cm³/mol. The summed E-state index contributed by atoms with van der Waals surface area (Å²) < 4.78 is 11.4. The zero-order valence-corrected chi connectivity index (χ0v) is 18.5. The molecule has 1 aliphatic carbocycles. The van der Waals surface area contributed by atoms with Crippen LogP contribution >= 0.6 is 11.3 Å². The molecule has 8 nitrogen and oxygen atoms in total. The van der Waals surface area contributed by atoms with Crippen LogP contribution in [-0.2, 0) is 27.2 Å². The molecule has 3 heterocycles. The first-order chi connectivity index (χ1) is 15.6. The van der Waals surface area contributed by atoms with Crippen LogP contribution in [0.25, 0.3) is 0 Å². The molecule has 1 aromatic heterocycles. The van der Waals surface area contributed by atoms with Crippen molar-refractivity contribution < 1.29 is 19.1 Å². The second kappa shape index (κ2) is 8.81. The number of carbonyl (C=O) groups is 2. The summed E-state index contributed by atoms with van der Waals surface area (Å²) in [6.45, 7) is 2.48. The van der Waals surface area contributed by atoms with E-state index >= 15 is 0 Å². The van der Waals surface area contributed by atoms with Crippen LogP contribution in [0.15, 0.2) is 24.3 Å². The third-order valence-corrected chi connectivity index (χ3v) is 7.29. The molecule has 1 N–H and O–H groups in total. The number of benzene rings is 1. The van der Waals surface area contributed by atoms with Crippen LogP contribution in [-0.4, -0.2) is 62.2 Å². The first-order valence-electron chi connectivity index (χ1n) is 10.9. The van der Waals surface area contributed by atoms with Crippen LogP contribution in [0, 0.1) is 11.3 Å². The molecule has 1 aromatic carbocycles. The molecule has 5 rings (SSSR count). The van der Waals surface area contributed by atoms with E-state index in [1.54, 1.807) is 4.90 Å². The third kappa shape index (κ3) is 3.92. The maximum atomic E-state index is 13.0. The van der Waals surface area contributed by atoms with Gasteiger partial charge in [-0.25, -0.2) is 0 Å². The van der Waals surface area contributed by atoms with Gasteiger partial charge in [0.05, 0.1) is 37.6 Å². The second-order valence-corrected chi connectivity index (χ2v) is 9.22. The van der Waals surface area contributed by atoms with Crippen LogP contribution in [0.3, 0.4) is 0 Å². The van der Waals surface area contributed by atoms with E-state index in [1.165, 1.54) is 16.2 Å². The van der Waals surface area contributed by atoms with E-state index in [1.807, 2.05) is 29.2 Å². The van der Waals surface area contributed by atoms with Crippen molar-refractivity contribution in [1.29, 1.82) is 5.26 Å². The summed E-state index contributed by atoms with van der Waals surface area (Å²) in [7, 11) is 0. The van der Waals surface area contributed by atoms with Crippen LogP contribution in [0.1, 0.15) is 22.4 Å². The molecule has 0 radical (unpaired) electrons. The Morgan fingerprint density at radius 2 is 2.03 bits per heavy atom. The Morgan fingerprint density at radius 1 is 1.22 bits per heavy atom. The highest BCUT2D eigenvalue weighted by Crippen LogP contribution is 2.39. The van der Waals surface area contributed by atoms with Crippen molar-refractivity contribution in [3.8, 4) is 11.8 Å². The van der Waals surface area contributed by atoms with Gasteiger partial charge in [0.15, 0.2) is 6.10 Å². The maximum Gasteiger partial charge on any atom is 0.265 e. The summed E-state index contributed by atoms with van der Waals surface area (Å²) in [4.78, 5) is 30.8. The first kappa shape index (κ1) is 20.8. The zero-order valence-electron chi connectivity index (χ0n) is 17.6. The van der Waals surface area contributed by atoms with Crippen LogP contribution < -0.4 is 15.0 Å². The number of para-hydroxylation sites is 2. The van der Waals surface area contributed by atoms with E-state index in [2.05, 4.69) is 11.4 Å². The van der Waals surface area contributed by atoms with Crippen molar-refractivity contribution in [3.63, 3.8) is 0 Å². The summed E-state index contributed by atoms with van der Waals surface area (Å²) in [6.07, 6.45) is 2.24. The molecule has 2 amide bonds. The van der Waals surface area contributed by atoms with Crippen molar-refractivity contribution in [1.82, 2.24) is 4.90 Å². The lowest BCUT2D eigenvalue weighted by Gasteiger charge is -2.38. The third-order valence-electron chi connectivity index (χ3n) is 6.08. The Morgan fingerprint density at radius 3 is 2.84 bits per heavy atom. The van der Waals surface area contributed by atoms with Crippen LogP contribution in [0.5, 0.6) is 5.75 Å². The molecule has 1 atom stereocenters. The van der Waals surface area contributed by atoms with Crippen LogP contribution in [0.4, 0.5) is 10.7 Å². The van der Waals surface area contributed by atoms with Crippen molar-refractivity contribution in [2.24, 2.45) is 0 Å². The molecule has 1 saturated heterocycles. The van der Waals surface area contributed by atoms with Gasteiger partial charge in [-0.1, -0.05) is 12.1 Å². The Bertz CT molecular complexity index is 1090. The fourth-order valence-corrected chi connectivity index (χ4v) is 5.78. The van der Waals surface area contributed by atoms with E-state index in [0.717, 1.165) is 30.5 Å². The summed E-state index contributed by atoms with van der Waals surface area (Å²) in [6, 6.07) is 9.70. The van der Waals surface area contributed by atoms with Gasteiger partial charge in [-0.15, -0.1) is 11.3 Å². The number of thiophene rings is 1. The number of ether oxygens (including phenoxy) is 2. The monoisotopic (exact) mass is 452 g/mol. The maximum absolute atomic E-state index is 13.0. The van der Waals surface area contributed by atoms with Crippen molar-refractivity contribution in [3.05, 3.63) is 40.3 Å². The second-order valence-electron chi connectivity index (χ2n) is 8.11. The molecule has 0 unspecified atom stereocenters. The van der Waals surface area contributed by atoms with Crippen molar-refractivity contribution in [2.45, 2.75) is 25.4 Å². The first-order valence-corrected chi connectivity index (χ1v) is 11.7. The SMILES string of the molecule is N#Cc1c(NC(=O)CN2C[C@H](C(=O)N3CCOCC3)Oc3ccccc32)sc2c1CCC2. The highest BCUT2D eigenvalue weighted by Gasteiger charge is 2.35. The van der Waals surface area contributed by atoms with Gasteiger partial charge in [0.25, 0.3) is 5.91 Å². The largest absolute Gasteiger partial charge is 0.477 e. The topological polar surface area (TPSA) is 94.9 Å². The van der Waals surface area contributed by atoms with Crippen molar-refractivity contribution >= 4 is 33.8 Å². The number of nitrogens with zero attached hydrogens (tertiary/aromatic N) is 3. The molecule has 166 valence electrons. The number of anilines is 2. The normalized spacial score (nSPS) is 19.5. The van der Waals surface area contributed by atoms with Gasteiger partial charge >= 0.3 is 0 Å². The molecular weight excluding hydrogens is 428 g/mol. The number of hydrogen-bond acceptors (Lipinski definition) is 7. The van der Waals surface area contributed by atoms with Gasteiger partial charge in [-0.2, -0.15) is 5.26 Å². The molecule has 2 aromatic rings.